The zero-order chi connectivity index (χ0) is 17.0. The van der Waals surface area contributed by atoms with Crippen molar-refractivity contribution in [2.45, 2.75) is 17.9 Å². The Hall–Kier alpha value is -2.22. The van der Waals surface area contributed by atoms with Crippen molar-refractivity contribution < 1.29 is 9.47 Å². The van der Waals surface area contributed by atoms with E-state index in [0.29, 0.717) is 13.2 Å². The average molecular weight is 340 g/mol. The van der Waals surface area contributed by atoms with Crippen molar-refractivity contribution in [1.29, 1.82) is 10.5 Å². The summed E-state index contributed by atoms with van der Waals surface area (Å²) in [5, 5.41) is 18.9. The molecule has 0 bridgehead atoms. The van der Waals surface area contributed by atoms with Gasteiger partial charge in [0.15, 0.2) is 5.41 Å². The van der Waals surface area contributed by atoms with Crippen molar-refractivity contribution in [3.05, 3.63) is 29.8 Å². The molecule has 2 aliphatic heterocycles. The van der Waals surface area contributed by atoms with Gasteiger partial charge in [-0.2, -0.15) is 10.5 Å². The van der Waals surface area contributed by atoms with E-state index in [4.69, 9.17) is 15.2 Å². The normalized spacial score (nSPS) is 39.0. The first kappa shape index (κ1) is 15.3. The molecule has 1 saturated heterocycles. The summed E-state index contributed by atoms with van der Waals surface area (Å²) < 4.78 is 11.3. The first-order valence-electron chi connectivity index (χ1n) is 7.81. The minimum Gasteiger partial charge on any atom is -0.494 e. The van der Waals surface area contributed by atoms with Crippen LogP contribution in [0.1, 0.15) is 18.4 Å². The fraction of sp³-hybridized carbons (Fsp3) is 0.471. The van der Waals surface area contributed by atoms with E-state index in [1.54, 1.807) is 0 Å². The predicted molar refractivity (Wildman–Crippen MR) is 89.2 cm³/mol. The fourth-order valence-corrected chi connectivity index (χ4v) is 5.47. The minimum absolute atomic E-state index is 0.208. The van der Waals surface area contributed by atoms with Crippen LogP contribution in [0.15, 0.2) is 29.3 Å². The maximum absolute atomic E-state index is 10.0. The Morgan fingerprint density at radius 3 is 2.67 bits per heavy atom. The lowest BCUT2D eigenvalue weighted by Gasteiger charge is -2.26. The number of fused-ring (bicyclic) bond motifs is 2. The van der Waals surface area contributed by atoms with Gasteiger partial charge in [0, 0.05) is 11.7 Å². The van der Waals surface area contributed by atoms with Gasteiger partial charge < -0.3 is 15.2 Å². The number of amidine groups is 1. The summed E-state index contributed by atoms with van der Waals surface area (Å²) in [5.41, 5.74) is 4.83. The summed E-state index contributed by atoms with van der Waals surface area (Å²) in [4.78, 5) is 4.42. The van der Waals surface area contributed by atoms with Crippen LogP contribution in [0.2, 0.25) is 0 Å². The highest BCUT2D eigenvalue weighted by Gasteiger charge is 2.93. The van der Waals surface area contributed by atoms with Gasteiger partial charge in [-0.05, 0) is 24.6 Å². The fourth-order valence-electron chi connectivity index (χ4n) is 4.14. The van der Waals surface area contributed by atoms with Crippen LogP contribution in [0.25, 0.3) is 0 Å². The smallest absolute Gasteiger partial charge is 0.230 e. The van der Waals surface area contributed by atoms with Crippen molar-refractivity contribution in [3.63, 3.8) is 0 Å². The summed E-state index contributed by atoms with van der Waals surface area (Å²) in [6, 6.07) is 12.2. The van der Waals surface area contributed by atoms with Gasteiger partial charge >= 0.3 is 0 Å². The second-order valence-corrected chi connectivity index (χ2v) is 7.30. The molecule has 122 valence electrons. The summed E-state index contributed by atoms with van der Waals surface area (Å²) in [6.45, 7) is 3.01. The van der Waals surface area contributed by atoms with Gasteiger partial charge in [0.05, 0.1) is 25.4 Å². The molecule has 6 nitrogen and oxygen atoms in total. The second kappa shape index (κ2) is 4.89. The molecule has 2 heterocycles. The zero-order valence-corrected chi connectivity index (χ0v) is 14.0. The number of nitrogens with two attached hydrogens (primary N) is 1. The van der Waals surface area contributed by atoms with Crippen LogP contribution in [0.3, 0.4) is 0 Å². The van der Waals surface area contributed by atoms with Crippen molar-refractivity contribution in [2.75, 3.05) is 19.0 Å². The molecular weight excluding hydrogens is 324 g/mol. The van der Waals surface area contributed by atoms with Crippen LogP contribution in [-0.4, -0.2) is 29.9 Å². The number of nitrogens with zero attached hydrogens (tertiary/aromatic N) is 3. The molecule has 4 rings (SSSR count). The molecule has 0 aromatic heterocycles. The van der Waals surface area contributed by atoms with Crippen LogP contribution in [-0.2, 0) is 4.74 Å². The molecule has 2 N–H and O–H groups in total. The number of rotatable bonds is 3. The Balaban J connectivity index is 1.82. The van der Waals surface area contributed by atoms with Gasteiger partial charge in [-0.1, -0.05) is 23.9 Å². The highest BCUT2D eigenvalue weighted by atomic mass is 32.2. The van der Waals surface area contributed by atoms with Gasteiger partial charge in [-0.3, -0.25) is 0 Å². The maximum Gasteiger partial charge on any atom is 0.230 e. The molecule has 7 heteroatoms. The summed E-state index contributed by atoms with van der Waals surface area (Å²) >= 11 is 1.46. The van der Waals surface area contributed by atoms with Gasteiger partial charge in [0.2, 0.25) is 5.06 Å². The van der Waals surface area contributed by atoms with Crippen LogP contribution >= 0.6 is 11.8 Å². The van der Waals surface area contributed by atoms with Crippen molar-refractivity contribution in [3.8, 4) is 17.9 Å². The van der Waals surface area contributed by atoms with Gasteiger partial charge in [0.1, 0.15) is 17.0 Å². The lowest BCUT2D eigenvalue weighted by molar-refractivity contribution is 0.0200. The lowest BCUT2D eigenvalue weighted by Crippen LogP contribution is -2.34. The summed E-state index contributed by atoms with van der Waals surface area (Å²) in [7, 11) is 0. The molecule has 1 aliphatic carbocycles. The van der Waals surface area contributed by atoms with Crippen LogP contribution in [0, 0.1) is 33.5 Å². The largest absolute Gasteiger partial charge is 0.494 e. The van der Waals surface area contributed by atoms with Crippen LogP contribution < -0.4 is 10.5 Å². The number of benzene rings is 1. The molecule has 1 spiro atoms. The van der Waals surface area contributed by atoms with Gasteiger partial charge in [0.25, 0.3) is 0 Å². The summed E-state index contributed by atoms with van der Waals surface area (Å²) in [5.74, 6) is 1.35. The van der Waals surface area contributed by atoms with E-state index in [1.807, 2.05) is 31.2 Å². The Kier molecular flexibility index (Phi) is 3.12. The molecule has 2 fully saturated rings. The molecule has 24 heavy (non-hydrogen) atoms. The van der Waals surface area contributed by atoms with E-state index in [-0.39, 0.29) is 11.8 Å². The molecule has 3 aliphatic rings. The third kappa shape index (κ3) is 1.47. The SMILES string of the molecule is CCOc1ccc([C@H]2[C@@]3(C#N)[C@@]4(N=C(N)[C@]23C#N)OCCS4)cc1. The number of thioether (sulfide) groups is 1. The second-order valence-electron chi connectivity index (χ2n) is 6.05. The predicted octanol–water partition coefficient (Wildman–Crippen LogP) is 1.99. The summed E-state index contributed by atoms with van der Waals surface area (Å²) in [6.07, 6.45) is 0. The van der Waals surface area contributed by atoms with Crippen LogP contribution in [0.4, 0.5) is 0 Å². The minimum atomic E-state index is -1.12. The topological polar surface area (TPSA) is 104 Å². The van der Waals surface area contributed by atoms with Crippen LogP contribution in [0.5, 0.6) is 5.75 Å². The number of aliphatic imine (C=N–C) groups is 1. The maximum atomic E-state index is 10.0. The molecule has 0 unspecified atom stereocenters. The van der Waals surface area contributed by atoms with Crippen molar-refractivity contribution >= 4 is 17.6 Å². The molecule has 0 radical (unpaired) electrons. The third-order valence-corrected chi connectivity index (χ3v) is 6.42. The Morgan fingerprint density at radius 1 is 1.38 bits per heavy atom. The average Bonchev–Trinajstić information content (AvgIpc) is 2.84. The Morgan fingerprint density at radius 2 is 2.12 bits per heavy atom. The van der Waals surface area contributed by atoms with E-state index in [9.17, 15) is 10.5 Å². The number of hydrogen-bond acceptors (Lipinski definition) is 7. The number of ether oxygens (including phenoxy) is 2. The van der Waals surface area contributed by atoms with E-state index < -0.39 is 15.9 Å². The molecule has 0 amide bonds. The van der Waals surface area contributed by atoms with Gasteiger partial charge in [-0.25, -0.2) is 4.99 Å². The third-order valence-electron chi connectivity index (χ3n) is 5.13. The highest BCUT2D eigenvalue weighted by molar-refractivity contribution is 8.00. The highest BCUT2D eigenvalue weighted by Crippen LogP contribution is 2.84. The first-order chi connectivity index (χ1) is 11.6. The van der Waals surface area contributed by atoms with E-state index in [0.717, 1.165) is 17.1 Å². The number of hydrogen-bond donors (Lipinski definition) is 1. The van der Waals surface area contributed by atoms with Gasteiger partial charge in [-0.15, -0.1) is 0 Å². The molecule has 1 aromatic carbocycles. The zero-order valence-electron chi connectivity index (χ0n) is 13.2. The Bertz CT molecular complexity index is 803. The van der Waals surface area contributed by atoms with Crippen molar-refractivity contribution in [1.82, 2.24) is 0 Å². The molecule has 4 atom stereocenters. The van der Waals surface area contributed by atoms with E-state index in [2.05, 4.69) is 17.1 Å². The quantitative estimate of drug-likeness (QED) is 0.902. The molecular formula is C17H16N4O2S. The van der Waals surface area contributed by atoms with E-state index >= 15 is 0 Å². The number of nitriles is 2. The monoisotopic (exact) mass is 340 g/mol. The van der Waals surface area contributed by atoms with E-state index in [1.165, 1.54) is 11.8 Å². The Labute approximate surface area is 144 Å². The van der Waals surface area contributed by atoms with Crippen molar-refractivity contribution in [2.24, 2.45) is 21.6 Å². The standard InChI is InChI=1S/C17H16N4O2S/c1-2-22-12-5-3-11(4-6-12)13-15(9-18)14(20)21-17(16(13,15)10-19)23-7-8-24-17/h3-6,13H,2,7-8H2,1H3,(H2,20,21)/t13-,15+,16-,17-/m1/s1. The lowest BCUT2D eigenvalue weighted by atomic mass is 9.95. The molecule has 1 saturated carbocycles. The first-order valence-corrected chi connectivity index (χ1v) is 8.79. The molecule has 1 aromatic rings.